The van der Waals surface area contributed by atoms with Crippen molar-refractivity contribution in [2.75, 3.05) is 0 Å². The highest BCUT2D eigenvalue weighted by molar-refractivity contribution is 7.89. The molecule has 2 aromatic rings. The molecule has 2 aromatic carbocycles. The molecular formula is C17H21NO2S. The molecule has 1 saturated carbocycles. The Morgan fingerprint density at radius 2 is 1.52 bits per heavy atom. The van der Waals surface area contributed by atoms with E-state index in [1.807, 2.05) is 36.4 Å². The van der Waals surface area contributed by atoms with Gasteiger partial charge in [-0.1, -0.05) is 62.1 Å². The second kappa shape index (κ2) is 6.16. The highest BCUT2D eigenvalue weighted by atomic mass is 32.2. The maximum Gasteiger partial charge on any atom is 0.241 e. The van der Waals surface area contributed by atoms with E-state index in [4.69, 9.17) is 0 Å². The molecule has 3 rings (SSSR count). The molecule has 0 saturated heterocycles. The highest BCUT2D eigenvalue weighted by Gasteiger charge is 2.22. The second-order valence-electron chi connectivity index (χ2n) is 5.79. The van der Waals surface area contributed by atoms with E-state index in [0.29, 0.717) is 4.90 Å². The Morgan fingerprint density at radius 1 is 0.857 bits per heavy atom. The van der Waals surface area contributed by atoms with Gasteiger partial charge in [-0.2, -0.15) is 0 Å². The van der Waals surface area contributed by atoms with Crippen molar-refractivity contribution in [1.29, 1.82) is 0 Å². The Bertz CT molecular complexity index is 711. The van der Waals surface area contributed by atoms with Gasteiger partial charge in [-0.05, 0) is 24.3 Å². The van der Waals surface area contributed by atoms with Gasteiger partial charge in [0.05, 0.1) is 4.90 Å². The van der Waals surface area contributed by atoms with Gasteiger partial charge in [0.15, 0.2) is 0 Å². The molecule has 112 valence electrons. The van der Waals surface area contributed by atoms with Crippen LogP contribution in [0.2, 0.25) is 0 Å². The topological polar surface area (TPSA) is 46.2 Å². The van der Waals surface area contributed by atoms with Gasteiger partial charge in [0.25, 0.3) is 0 Å². The summed E-state index contributed by atoms with van der Waals surface area (Å²) >= 11 is 0. The molecule has 0 atom stereocenters. The van der Waals surface area contributed by atoms with Gasteiger partial charge in [0.2, 0.25) is 10.0 Å². The normalized spacial score (nSPS) is 17.7. The summed E-state index contributed by atoms with van der Waals surface area (Å²) in [5.74, 6) is 0. The van der Waals surface area contributed by atoms with Crippen molar-refractivity contribution in [2.24, 2.45) is 0 Å². The number of rotatable bonds is 3. The monoisotopic (exact) mass is 303 g/mol. The molecule has 3 nitrogen and oxygen atoms in total. The van der Waals surface area contributed by atoms with Crippen LogP contribution in [0, 0.1) is 0 Å². The lowest BCUT2D eigenvalue weighted by atomic mass is 10.1. The Labute approximate surface area is 126 Å². The van der Waals surface area contributed by atoms with Gasteiger partial charge >= 0.3 is 0 Å². The summed E-state index contributed by atoms with van der Waals surface area (Å²) in [5.41, 5.74) is 0. The number of benzene rings is 2. The van der Waals surface area contributed by atoms with Crippen LogP contribution in [0.3, 0.4) is 0 Å². The quantitative estimate of drug-likeness (QED) is 0.876. The van der Waals surface area contributed by atoms with Crippen LogP contribution in [0.5, 0.6) is 0 Å². The molecule has 21 heavy (non-hydrogen) atoms. The average Bonchev–Trinajstić information content (AvgIpc) is 2.75. The molecular weight excluding hydrogens is 282 g/mol. The van der Waals surface area contributed by atoms with Crippen LogP contribution in [0.4, 0.5) is 0 Å². The van der Waals surface area contributed by atoms with E-state index < -0.39 is 10.0 Å². The van der Waals surface area contributed by atoms with Crippen LogP contribution in [0.25, 0.3) is 10.8 Å². The van der Waals surface area contributed by atoms with Crippen LogP contribution >= 0.6 is 0 Å². The summed E-state index contributed by atoms with van der Waals surface area (Å²) in [4.78, 5) is 0.393. The molecule has 1 aliphatic carbocycles. The lowest BCUT2D eigenvalue weighted by Gasteiger charge is -2.17. The first-order valence-electron chi connectivity index (χ1n) is 7.67. The van der Waals surface area contributed by atoms with Crippen molar-refractivity contribution in [3.8, 4) is 0 Å². The van der Waals surface area contributed by atoms with Crippen LogP contribution in [-0.2, 0) is 10.0 Å². The maximum absolute atomic E-state index is 12.7. The fourth-order valence-electron chi connectivity index (χ4n) is 3.11. The molecule has 4 heteroatoms. The first-order chi connectivity index (χ1) is 10.2. The summed E-state index contributed by atoms with van der Waals surface area (Å²) in [5, 5.41) is 1.75. The fraction of sp³-hybridized carbons (Fsp3) is 0.412. The van der Waals surface area contributed by atoms with Crippen molar-refractivity contribution >= 4 is 20.8 Å². The Balaban J connectivity index is 1.92. The predicted octanol–water partition coefficient (Wildman–Crippen LogP) is 3.84. The van der Waals surface area contributed by atoms with Crippen LogP contribution in [-0.4, -0.2) is 14.5 Å². The minimum Gasteiger partial charge on any atom is -0.208 e. The Morgan fingerprint density at radius 3 is 2.29 bits per heavy atom. The van der Waals surface area contributed by atoms with Gasteiger partial charge in [-0.15, -0.1) is 0 Å². The van der Waals surface area contributed by atoms with Crippen molar-refractivity contribution < 1.29 is 8.42 Å². The van der Waals surface area contributed by atoms with Crippen LogP contribution in [0.1, 0.15) is 38.5 Å². The number of hydrogen-bond acceptors (Lipinski definition) is 2. The van der Waals surface area contributed by atoms with Gasteiger partial charge in [0.1, 0.15) is 0 Å². The zero-order valence-corrected chi connectivity index (χ0v) is 12.9. The van der Waals surface area contributed by atoms with Crippen molar-refractivity contribution in [3.05, 3.63) is 42.5 Å². The average molecular weight is 303 g/mol. The van der Waals surface area contributed by atoms with Gasteiger partial charge in [0, 0.05) is 11.4 Å². The third-order valence-electron chi connectivity index (χ3n) is 4.22. The van der Waals surface area contributed by atoms with Crippen molar-refractivity contribution in [1.82, 2.24) is 4.72 Å². The van der Waals surface area contributed by atoms with E-state index in [0.717, 1.165) is 36.5 Å². The van der Waals surface area contributed by atoms with Crippen LogP contribution < -0.4 is 4.72 Å². The molecule has 0 spiro atoms. The molecule has 1 fully saturated rings. The fourth-order valence-corrected chi connectivity index (χ4v) is 4.64. The molecule has 0 radical (unpaired) electrons. The van der Waals surface area contributed by atoms with E-state index >= 15 is 0 Å². The summed E-state index contributed by atoms with van der Waals surface area (Å²) < 4.78 is 28.3. The van der Waals surface area contributed by atoms with E-state index in [1.54, 1.807) is 6.07 Å². The maximum atomic E-state index is 12.7. The van der Waals surface area contributed by atoms with Gasteiger partial charge < -0.3 is 0 Å². The minimum atomic E-state index is -3.45. The largest absolute Gasteiger partial charge is 0.241 e. The molecule has 0 heterocycles. The Hall–Kier alpha value is -1.39. The molecule has 0 bridgehead atoms. The number of nitrogens with one attached hydrogen (secondary N) is 1. The Kier molecular flexibility index (Phi) is 4.27. The third-order valence-corrected chi connectivity index (χ3v) is 5.79. The molecule has 0 unspecified atom stereocenters. The summed E-state index contributed by atoms with van der Waals surface area (Å²) in [6.07, 6.45) is 6.55. The summed E-state index contributed by atoms with van der Waals surface area (Å²) in [6, 6.07) is 13.2. The molecule has 0 aromatic heterocycles. The molecule has 0 aliphatic heterocycles. The molecule has 0 amide bonds. The minimum absolute atomic E-state index is 0.0801. The van der Waals surface area contributed by atoms with E-state index in [-0.39, 0.29) is 6.04 Å². The SMILES string of the molecule is O=S(=O)(NC1CCCCCC1)c1cccc2ccccc12. The van der Waals surface area contributed by atoms with E-state index in [9.17, 15) is 8.42 Å². The zero-order chi connectivity index (χ0) is 14.7. The van der Waals surface area contributed by atoms with Crippen LogP contribution in [0.15, 0.2) is 47.4 Å². The van der Waals surface area contributed by atoms with Crippen molar-refractivity contribution in [2.45, 2.75) is 49.5 Å². The van der Waals surface area contributed by atoms with Gasteiger partial charge in [-0.25, -0.2) is 13.1 Å². The number of hydrogen-bond donors (Lipinski definition) is 1. The van der Waals surface area contributed by atoms with E-state index in [2.05, 4.69) is 4.72 Å². The first-order valence-corrected chi connectivity index (χ1v) is 9.15. The summed E-state index contributed by atoms with van der Waals surface area (Å²) in [6.45, 7) is 0. The lowest BCUT2D eigenvalue weighted by Crippen LogP contribution is -2.34. The molecule has 1 N–H and O–H groups in total. The lowest BCUT2D eigenvalue weighted by molar-refractivity contribution is 0.510. The third kappa shape index (κ3) is 3.27. The first kappa shape index (κ1) is 14.5. The zero-order valence-electron chi connectivity index (χ0n) is 12.1. The summed E-state index contributed by atoms with van der Waals surface area (Å²) in [7, 11) is -3.45. The highest BCUT2D eigenvalue weighted by Crippen LogP contribution is 2.24. The number of fused-ring (bicyclic) bond motifs is 1. The van der Waals surface area contributed by atoms with Gasteiger partial charge in [-0.3, -0.25) is 0 Å². The second-order valence-corrected chi connectivity index (χ2v) is 7.47. The van der Waals surface area contributed by atoms with E-state index in [1.165, 1.54) is 12.8 Å². The smallest absolute Gasteiger partial charge is 0.208 e. The molecule has 1 aliphatic rings. The predicted molar refractivity (Wildman–Crippen MR) is 85.8 cm³/mol. The number of sulfonamides is 1. The van der Waals surface area contributed by atoms with Crippen molar-refractivity contribution in [3.63, 3.8) is 0 Å². The standard InChI is InChI=1S/C17H21NO2S/c19-21(20,18-15-10-3-1-2-4-11-15)17-13-7-9-14-8-5-6-12-16(14)17/h5-9,12-13,15,18H,1-4,10-11H2.